The predicted molar refractivity (Wildman–Crippen MR) is 108 cm³/mol. The molecule has 0 radical (unpaired) electrons. The van der Waals surface area contributed by atoms with Crippen molar-refractivity contribution in [3.63, 3.8) is 0 Å². The molecular formula is C19H27N3O11. The average Bonchev–Trinajstić information content (AvgIpc) is 2.68. The van der Waals surface area contributed by atoms with Crippen molar-refractivity contribution in [2.45, 2.75) is 58.0 Å². The van der Waals surface area contributed by atoms with Crippen molar-refractivity contribution in [2.75, 3.05) is 6.54 Å². The number of hydrogen-bond acceptors (Lipinski definition) is 8. The number of carboxylic acid groups (broad SMARTS) is 3. The quantitative estimate of drug-likeness (QED) is 0.144. The molecule has 0 heterocycles. The van der Waals surface area contributed by atoms with E-state index in [1.54, 1.807) is 0 Å². The molecule has 184 valence electrons. The van der Waals surface area contributed by atoms with E-state index in [1.165, 1.54) is 13.8 Å². The molecule has 33 heavy (non-hydrogen) atoms. The van der Waals surface area contributed by atoms with Crippen LogP contribution in [0.4, 0.5) is 0 Å². The number of rotatable bonds is 16. The highest BCUT2D eigenvalue weighted by Crippen LogP contribution is 2.09. The van der Waals surface area contributed by atoms with E-state index in [-0.39, 0.29) is 19.4 Å². The number of ketones is 2. The molecule has 0 saturated heterocycles. The fourth-order valence-corrected chi connectivity index (χ4v) is 2.48. The van der Waals surface area contributed by atoms with Crippen molar-refractivity contribution in [1.29, 1.82) is 0 Å². The molecule has 0 aromatic rings. The standard InChI is InChI=1S/C19H27N3O11/c1-9(18(31)22-13(19(32)33)7-17(29)30)5-14(25)12(6-16(27)28)21-15(26)4-3-11(24)8-20-10(2)23/h9,12-13H,3-8H2,1-2H3,(H,20,23)(H,21,26)(H,22,31)(H,27,28)(H,29,30)(H,32,33)/t9-,12+,13+/m1/s1. The van der Waals surface area contributed by atoms with Gasteiger partial charge < -0.3 is 31.3 Å². The van der Waals surface area contributed by atoms with E-state index in [0.717, 1.165) is 0 Å². The molecule has 0 fully saturated rings. The Kier molecular flexibility index (Phi) is 12.6. The SMILES string of the molecule is CC(=O)NCC(=O)CCC(=O)N[C@@H](CC(=O)O)C(=O)C[C@@H](C)C(=O)N[C@@H](CC(=O)O)C(=O)O. The van der Waals surface area contributed by atoms with E-state index in [9.17, 15) is 38.4 Å². The Hall–Kier alpha value is -3.84. The van der Waals surface area contributed by atoms with Crippen LogP contribution in [-0.2, 0) is 38.4 Å². The van der Waals surface area contributed by atoms with Crippen LogP contribution in [0.2, 0.25) is 0 Å². The normalized spacial score (nSPS) is 13.0. The van der Waals surface area contributed by atoms with Crippen LogP contribution in [0.3, 0.4) is 0 Å². The second-order valence-electron chi connectivity index (χ2n) is 7.24. The highest BCUT2D eigenvalue weighted by atomic mass is 16.4. The maximum atomic E-state index is 12.5. The van der Waals surface area contributed by atoms with Crippen LogP contribution in [-0.4, -0.2) is 81.1 Å². The molecule has 0 aliphatic heterocycles. The first-order chi connectivity index (χ1) is 15.2. The molecule has 14 heteroatoms. The zero-order valence-corrected chi connectivity index (χ0v) is 18.1. The van der Waals surface area contributed by atoms with Crippen LogP contribution < -0.4 is 16.0 Å². The lowest BCUT2D eigenvalue weighted by Crippen LogP contribution is -2.46. The Morgan fingerprint density at radius 2 is 1.30 bits per heavy atom. The van der Waals surface area contributed by atoms with E-state index in [2.05, 4.69) is 10.6 Å². The average molecular weight is 473 g/mol. The second-order valence-corrected chi connectivity index (χ2v) is 7.24. The van der Waals surface area contributed by atoms with Gasteiger partial charge in [0.1, 0.15) is 6.04 Å². The molecule has 0 unspecified atom stereocenters. The number of amides is 3. The van der Waals surface area contributed by atoms with Gasteiger partial charge in [0, 0.05) is 32.1 Å². The van der Waals surface area contributed by atoms with E-state index in [4.69, 9.17) is 15.3 Å². The Balaban J connectivity index is 4.95. The lowest BCUT2D eigenvalue weighted by molar-refractivity contribution is -0.147. The Bertz CT molecular complexity index is 809. The summed E-state index contributed by atoms with van der Waals surface area (Å²) in [6.45, 7) is 2.16. The van der Waals surface area contributed by atoms with Gasteiger partial charge in [-0.1, -0.05) is 6.92 Å². The molecule has 0 aromatic heterocycles. The predicted octanol–water partition coefficient (Wildman–Crippen LogP) is -1.93. The third-order valence-electron chi connectivity index (χ3n) is 4.22. The maximum Gasteiger partial charge on any atom is 0.326 e. The lowest BCUT2D eigenvalue weighted by Gasteiger charge is -2.19. The molecule has 0 aliphatic carbocycles. The monoisotopic (exact) mass is 473 g/mol. The van der Waals surface area contributed by atoms with Crippen molar-refractivity contribution in [2.24, 2.45) is 5.92 Å². The first-order valence-electron chi connectivity index (χ1n) is 9.77. The fourth-order valence-electron chi connectivity index (χ4n) is 2.48. The molecule has 0 aliphatic rings. The van der Waals surface area contributed by atoms with Crippen LogP contribution in [0, 0.1) is 5.92 Å². The zero-order valence-electron chi connectivity index (χ0n) is 18.1. The molecule has 0 spiro atoms. The number of Topliss-reactive ketones (excluding diaryl/α,β-unsaturated/α-hetero) is 2. The van der Waals surface area contributed by atoms with Crippen molar-refractivity contribution >= 4 is 47.2 Å². The molecule has 0 aromatic carbocycles. The molecule has 0 bridgehead atoms. The largest absolute Gasteiger partial charge is 0.481 e. The van der Waals surface area contributed by atoms with Gasteiger partial charge in [-0.05, 0) is 0 Å². The van der Waals surface area contributed by atoms with Gasteiger partial charge in [0.15, 0.2) is 11.6 Å². The molecule has 0 saturated carbocycles. The van der Waals surface area contributed by atoms with Crippen molar-refractivity contribution in [3.8, 4) is 0 Å². The molecule has 14 nitrogen and oxygen atoms in total. The molecule has 6 N–H and O–H groups in total. The third kappa shape index (κ3) is 13.2. The van der Waals surface area contributed by atoms with Crippen molar-refractivity contribution in [1.82, 2.24) is 16.0 Å². The lowest BCUT2D eigenvalue weighted by atomic mass is 9.97. The Morgan fingerprint density at radius 3 is 1.79 bits per heavy atom. The molecule has 3 atom stereocenters. The van der Waals surface area contributed by atoms with E-state index < -0.39 is 84.5 Å². The Labute approximate surface area is 188 Å². The minimum atomic E-state index is -1.72. The van der Waals surface area contributed by atoms with Gasteiger partial charge in [-0.25, -0.2) is 4.79 Å². The summed E-state index contributed by atoms with van der Waals surface area (Å²) < 4.78 is 0. The maximum absolute atomic E-state index is 12.5. The zero-order chi connectivity index (χ0) is 25.7. The van der Waals surface area contributed by atoms with Gasteiger partial charge in [-0.15, -0.1) is 0 Å². The van der Waals surface area contributed by atoms with Gasteiger partial charge >= 0.3 is 17.9 Å². The minimum absolute atomic E-state index is 0.265. The van der Waals surface area contributed by atoms with Crippen LogP contribution in [0.1, 0.15) is 46.0 Å². The van der Waals surface area contributed by atoms with Gasteiger partial charge in [0.2, 0.25) is 17.7 Å². The van der Waals surface area contributed by atoms with Gasteiger partial charge in [0.05, 0.1) is 25.4 Å². The molecule has 3 amide bonds. The van der Waals surface area contributed by atoms with Crippen molar-refractivity contribution in [3.05, 3.63) is 0 Å². The topological polar surface area (TPSA) is 233 Å². The van der Waals surface area contributed by atoms with Crippen molar-refractivity contribution < 1.29 is 53.7 Å². The van der Waals surface area contributed by atoms with Crippen LogP contribution in [0.25, 0.3) is 0 Å². The third-order valence-corrected chi connectivity index (χ3v) is 4.22. The number of carbonyl (C=O) groups is 8. The van der Waals surface area contributed by atoms with Gasteiger partial charge in [-0.3, -0.25) is 33.6 Å². The number of carbonyl (C=O) groups excluding carboxylic acids is 5. The van der Waals surface area contributed by atoms with Crippen LogP contribution in [0.5, 0.6) is 0 Å². The fraction of sp³-hybridized carbons (Fsp3) is 0.579. The van der Waals surface area contributed by atoms with E-state index in [1.807, 2.05) is 5.32 Å². The first kappa shape index (κ1) is 29.2. The van der Waals surface area contributed by atoms with E-state index in [0.29, 0.717) is 0 Å². The molecular weight excluding hydrogens is 446 g/mol. The highest BCUT2D eigenvalue weighted by molar-refractivity contribution is 5.96. The second kappa shape index (κ2) is 14.3. The van der Waals surface area contributed by atoms with E-state index >= 15 is 0 Å². The number of carboxylic acids is 3. The minimum Gasteiger partial charge on any atom is -0.481 e. The summed E-state index contributed by atoms with van der Waals surface area (Å²) in [6, 6.07) is -3.23. The van der Waals surface area contributed by atoms with Gasteiger partial charge in [0.25, 0.3) is 0 Å². The molecule has 0 rings (SSSR count). The summed E-state index contributed by atoms with van der Waals surface area (Å²) in [5.74, 6) is -9.09. The number of hydrogen-bond donors (Lipinski definition) is 6. The highest BCUT2D eigenvalue weighted by Gasteiger charge is 2.30. The number of aliphatic carboxylic acids is 3. The summed E-state index contributed by atoms with van der Waals surface area (Å²) in [6.07, 6.45) is -2.88. The summed E-state index contributed by atoms with van der Waals surface area (Å²) in [5.41, 5.74) is 0. The summed E-state index contributed by atoms with van der Waals surface area (Å²) >= 11 is 0. The summed E-state index contributed by atoms with van der Waals surface area (Å²) in [5, 5.41) is 33.1. The first-order valence-corrected chi connectivity index (χ1v) is 9.77. The Morgan fingerprint density at radius 1 is 0.758 bits per heavy atom. The summed E-state index contributed by atoms with van der Waals surface area (Å²) in [7, 11) is 0. The van der Waals surface area contributed by atoms with Gasteiger partial charge in [-0.2, -0.15) is 0 Å². The van der Waals surface area contributed by atoms with Crippen LogP contribution >= 0.6 is 0 Å². The number of nitrogens with one attached hydrogen (secondary N) is 3. The van der Waals surface area contributed by atoms with Crippen LogP contribution in [0.15, 0.2) is 0 Å². The summed E-state index contributed by atoms with van der Waals surface area (Å²) in [4.78, 5) is 91.8. The smallest absolute Gasteiger partial charge is 0.326 e.